The van der Waals surface area contributed by atoms with Crippen LogP contribution in [0.4, 0.5) is 0 Å². The van der Waals surface area contributed by atoms with Gasteiger partial charge in [0.1, 0.15) is 4.90 Å². The van der Waals surface area contributed by atoms with Crippen LogP contribution in [0.2, 0.25) is 0 Å². The van der Waals surface area contributed by atoms with Gasteiger partial charge in [0.2, 0.25) is 5.88 Å². The topological polar surface area (TPSA) is 61.2 Å². The molecule has 0 saturated carbocycles. The van der Waals surface area contributed by atoms with Gasteiger partial charge in [-0.05, 0) is 19.1 Å². The average Bonchev–Trinajstić information content (AvgIpc) is 2.77. The molecule has 0 fully saturated rings. The fourth-order valence-corrected chi connectivity index (χ4v) is 2.33. The predicted octanol–water partition coefficient (Wildman–Crippen LogP) is 1.67. The summed E-state index contributed by atoms with van der Waals surface area (Å²) < 4.78 is 30.3. The first-order valence-electron chi connectivity index (χ1n) is 5.15. The van der Waals surface area contributed by atoms with Crippen molar-refractivity contribution in [2.45, 2.75) is 18.4 Å². The zero-order chi connectivity index (χ0) is 12.3. The number of rotatable bonds is 4. The molecule has 0 aliphatic heterocycles. The zero-order valence-corrected chi connectivity index (χ0v) is 10.1. The minimum absolute atomic E-state index is 0.129. The van der Waals surface area contributed by atoms with Crippen molar-refractivity contribution in [1.29, 1.82) is 0 Å². The SMILES string of the molecule is CCn1nccc1OS(=O)(=O)c1ccccc1. The van der Waals surface area contributed by atoms with Crippen LogP contribution in [-0.2, 0) is 16.7 Å². The van der Waals surface area contributed by atoms with E-state index >= 15 is 0 Å². The second kappa shape index (κ2) is 4.58. The third-order valence-corrected chi connectivity index (χ3v) is 3.44. The smallest absolute Gasteiger partial charge is 0.340 e. The first-order chi connectivity index (χ1) is 8.13. The van der Waals surface area contributed by atoms with E-state index in [2.05, 4.69) is 5.10 Å². The van der Waals surface area contributed by atoms with E-state index in [1.165, 1.54) is 29.1 Å². The first-order valence-corrected chi connectivity index (χ1v) is 6.55. The lowest BCUT2D eigenvalue weighted by Crippen LogP contribution is -2.12. The lowest BCUT2D eigenvalue weighted by molar-refractivity contribution is 0.444. The summed E-state index contributed by atoms with van der Waals surface area (Å²) in [6.07, 6.45) is 1.50. The average molecular weight is 252 g/mol. The van der Waals surface area contributed by atoms with Crippen LogP contribution in [0, 0.1) is 0 Å². The van der Waals surface area contributed by atoms with Gasteiger partial charge >= 0.3 is 10.1 Å². The third-order valence-electron chi connectivity index (χ3n) is 2.20. The zero-order valence-electron chi connectivity index (χ0n) is 9.28. The van der Waals surface area contributed by atoms with Gasteiger partial charge < -0.3 is 4.18 Å². The molecular formula is C11H12N2O3S. The molecule has 0 unspecified atom stereocenters. The Hall–Kier alpha value is -1.82. The van der Waals surface area contributed by atoms with Gasteiger partial charge in [-0.15, -0.1) is 0 Å². The summed E-state index contributed by atoms with van der Waals surface area (Å²) in [7, 11) is -3.78. The Morgan fingerprint density at radius 2 is 1.94 bits per heavy atom. The predicted molar refractivity (Wildman–Crippen MR) is 62.2 cm³/mol. The van der Waals surface area contributed by atoms with E-state index in [1.807, 2.05) is 6.92 Å². The number of hydrogen-bond donors (Lipinski definition) is 0. The lowest BCUT2D eigenvalue weighted by Gasteiger charge is -2.07. The summed E-state index contributed by atoms with van der Waals surface area (Å²) in [5.74, 6) is 0.219. The molecule has 1 heterocycles. The van der Waals surface area contributed by atoms with E-state index in [0.717, 1.165) is 0 Å². The monoisotopic (exact) mass is 252 g/mol. The largest absolute Gasteiger partial charge is 0.358 e. The van der Waals surface area contributed by atoms with Crippen LogP contribution in [0.3, 0.4) is 0 Å². The van der Waals surface area contributed by atoms with Crippen molar-refractivity contribution in [2.24, 2.45) is 0 Å². The van der Waals surface area contributed by atoms with Crippen molar-refractivity contribution in [1.82, 2.24) is 9.78 Å². The highest BCUT2D eigenvalue weighted by atomic mass is 32.2. The molecule has 0 N–H and O–H groups in total. The molecule has 5 nitrogen and oxygen atoms in total. The van der Waals surface area contributed by atoms with Crippen molar-refractivity contribution >= 4 is 10.1 Å². The number of hydrogen-bond acceptors (Lipinski definition) is 4. The molecule has 0 aliphatic carbocycles. The van der Waals surface area contributed by atoms with Gasteiger partial charge in [0, 0.05) is 12.6 Å². The van der Waals surface area contributed by atoms with E-state index in [1.54, 1.807) is 18.2 Å². The molecule has 1 aromatic heterocycles. The fraction of sp³-hybridized carbons (Fsp3) is 0.182. The lowest BCUT2D eigenvalue weighted by atomic mass is 10.4. The summed E-state index contributed by atoms with van der Waals surface area (Å²) >= 11 is 0. The number of benzene rings is 1. The molecule has 90 valence electrons. The summed E-state index contributed by atoms with van der Waals surface area (Å²) in [4.78, 5) is 0.129. The van der Waals surface area contributed by atoms with Crippen LogP contribution in [0.1, 0.15) is 6.92 Å². The fourth-order valence-electron chi connectivity index (χ4n) is 1.38. The maximum Gasteiger partial charge on any atom is 0.340 e. The Morgan fingerprint density at radius 1 is 1.24 bits per heavy atom. The Labute approximate surface area is 99.8 Å². The number of aromatic nitrogens is 2. The molecule has 6 heteroatoms. The quantitative estimate of drug-likeness (QED) is 0.776. The van der Waals surface area contributed by atoms with Crippen LogP contribution in [-0.4, -0.2) is 18.2 Å². The van der Waals surface area contributed by atoms with Gasteiger partial charge in [0.15, 0.2) is 0 Å². The van der Waals surface area contributed by atoms with Crippen molar-refractivity contribution < 1.29 is 12.6 Å². The number of nitrogens with zero attached hydrogens (tertiary/aromatic N) is 2. The molecule has 0 amide bonds. The summed E-state index contributed by atoms with van der Waals surface area (Å²) in [6.45, 7) is 2.40. The highest BCUT2D eigenvalue weighted by molar-refractivity contribution is 7.87. The standard InChI is InChI=1S/C11H12N2O3S/c1-2-13-11(8-9-12-13)16-17(14,15)10-6-4-3-5-7-10/h3-9H,2H2,1H3. The van der Waals surface area contributed by atoms with Crippen LogP contribution in [0.5, 0.6) is 5.88 Å². The second-order valence-electron chi connectivity index (χ2n) is 3.34. The van der Waals surface area contributed by atoms with E-state index in [-0.39, 0.29) is 10.8 Å². The van der Waals surface area contributed by atoms with E-state index < -0.39 is 10.1 Å². The molecule has 1 aromatic carbocycles. The van der Waals surface area contributed by atoms with Crippen molar-refractivity contribution in [3.63, 3.8) is 0 Å². The Morgan fingerprint density at radius 3 is 2.59 bits per heavy atom. The van der Waals surface area contributed by atoms with Gasteiger partial charge in [0.05, 0.1) is 6.20 Å². The van der Waals surface area contributed by atoms with Crippen LogP contribution in [0.15, 0.2) is 47.5 Å². The summed E-state index contributed by atoms with van der Waals surface area (Å²) in [6, 6.07) is 9.53. The van der Waals surface area contributed by atoms with Gasteiger partial charge in [-0.2, -0.15) is 13.5 Å². The molecule has 0 radical (unpaired) electrons. The molecule has 0 bridgehead atoms. The second-order valence-corrected chi connectivity index (χ2v) is 4.88. The maximum atomic E-state index is 11.9. The van der Waals surface area contributed by atoms with Gasteiger partial charge in [-0.1, -0.05) is 18.2 Å². The van der Waals surface area contributed by atoms with E-state index in [9.17, 15) is 8.42 Å². The van der Waals surface area contributed by atoms with Crippen molar-refractivity contribution in [3.05, 3.63) is 42.6 Å². The first kappa shape index (κ1) is 11.7. The molecular weight excluding hydrogens is 240 g/mol. The summed E-state index contributed by atoms with van der Waals surface area (Å²) in [5.41, 5.74) is 0. The third kappa shape index (κ3) is 2.47. The normalized spacial score (nSPS) is 11.4. The Bertz CT molecular complexity index is 590. The van der Waals surface area contributed by atoms with E-state index in [4.69, 9.17) is 4.18 Å². The summed E-state index contributed by atoms with van der Waals surface area (Å²) in [5, 5.41) is 3.94. The van der Waals surface area contributed by atoms with E-state index in [0.29, 0.717) is 6.54 Å². The van der Waals surface area contributed by atoms with Crippen molar-refractivity contribution in [2.75, 3.05) is 0 Å². The number of aryl methyl sites for hydroxylation is 1. The Balaban J connectivity index is 2.30. The minimum Gasteiger partial charge on any atom is -0.358 e. The molecule has 0 saturated heterocycles. The van der Waals surface area contributed by atoms with Crippen LogP contribution >= 0.6 is 0 Å². The van der Waals surface area contributed by atoms with Crippen LogP contribution < -0.4 is 4.18 Å². The highest BCUT2D eigenvalue weighted by Gasteiger charge is 2.17. The van der Waals surface area contributed by atoms with Crippen LogP contribution in [0.25, 0.3) is 0 Å². The molecule has 17 heavy (non-hydrogen) atoms. The van der Waals surface area contributed by atoms with Crippen molar-refractivity contribution in [3.8, 4) is 5.88 Å². The molecule has 0 spiro atoms. The molecule has 0 atom stereocenters. The van der Waals surface area contributed by atoms with Gasteiger partial charge in [-0.3, -0.25) is 0 Å². The van der Waals surface area contributed by atoms with Gasteiger partial charge in [-0.25, -0.2) is 4.68 Å². The van der Waals surface area contributed by atoms with Gasteiger partial charge in [0.25, 0.3) is 0 Å². The minimum atomic E-state index is -3.78. The maximum absolute atomic E-state index is 11.9. The molecule has 0 aliphatic rings. The molecule has 2 aromatic rings. The Kier molecular flexibility index (Phi) is 3.14. The highest BCUT2D eigenvalue weighted by Crippen LogP contribution is 2.17. The molecule has 2 rings (SSSR count).